The van der Waals surface area contributed by atoms with Crippen LogP contribution in [0.3, 0.4) is 0 Å². The molecule has 98 valence electrons. The molecule has 0 amide bonds. The topological polar surface area (TPSA) is 38.5 Å². The van der Waals surface area contributed by atoms with Crippen molar-refractivity contribution in [1.82, 2.24) is 4.90 Å². The number of nitrogens with zero attached hydrogens (tertiary/aromatic N) is 1. The number of ether oxygens (including phenoxy) is 1. The van der Waals surface area contributed by atoms with Gasteiger partial charge in [-0.25, -0.2) is 0 Å². The zero-order chi connectivity index (χ0) is 12.6. The Morgan fingerprint density at radius 1 is 1.25 bits per heavy atom. The predicted octanol–water partition coefficient (Wildman–Crippen LogP) is 1.96. The van der Waals surface area contributed by atoms with E-state index in [0.717, 1.165) is 32.2 Å². The van der Waals surface area contributed by atoms with Gasteiger partial charge >= 0.3 is 0 Å². The van der Waals surface area contributed by atoms with E-state index in [1.54, 1.807) is 7.11 Å². The number of methoxy groups -OCH3 is 1. The maximum absolute atomic E-state index is 5.84. The molecule has 0 radical (unpaired) electrons. The number of likely N-dealkylation sites (N-methyl/N-ethyl adjacent to an activating group) is 1. The van der Waals surface area contributed by atoms with E-state index in [-0.39, 0.29) is 0 Å². The van der Waals surface area contributed by atoms with Gasteiger partial charge in [-0.05, 0) is 38.3 Å². The van der Waals surface area contributed by atoms with Gasteiger partial charge in [-0.3, -0.25) is 4.90 Å². The summed E-state index contributed by atoms with van der Waals surface area (Å²) < 4.78 is 5.21. The van der Waals surface area contributed by atoms with Crippen molar-refractivity contribution in [3.63, 3.8) is 0 Å². The van der Waals surface area contributed by atoms with Crippen LogP contribution in [0.5, 0.6) is 0 Å². The Hall–Kier alpha value is -0.120. The van der Waals surface area contributed by atoms with E-state index in [9.17, 15) is 0 Å². The highest BCUT2D eigenvalue weighted by Crippen LogP contribution is 2.13. The largest absolute Gasteiger partial charge is 0.383 e. The molecule has 3 nitrogen and oxygen atoms in total. The Labute approximate surface area is 101 Å². The summed E-state index contributed by atoms with van der Waals surface area (Å²) in [5, 5.41) is 0. The molecular weight excluding hydrogens is 200 g/mol. The highest BCUT2D eigenvalue weighted by Gasteiger charge is 2.17. The fourth-order valence-corrected chi connectivity index (χ4v) is 2.21. The van der Waals surface area contributed by atoms with E-state index in [0.29, 0.717) is 12.0 Å². The number of rotatable bonds is 9. The van der Waals surface area contributed by atoms with Gasteiger partial charge in [-0.2, -0.15) is 0 Å². The fraction of sp³-hybridized carbons (Fsp3) is 1.00. The second-order valence-electron chi connectivity index (χ2n) is 5.12. The molecule has 0 aliphatic carbocycles. The Morgan fingerprint density at radius 2 is 1.88 bits per heavy atom. The van der Waals surface area contributed by atoms with Gasteiger partial charge < -0.3 is 10.5 Å². The molecule has 2 unspecified atom stereocenters. The number of hydrogen-bond donors (Lipinski definition) is 1. The second-order valence-corrected chi connectivity index (χ2v) is 5.12. The van der Waals surface area contributed by atoms with Crippen LogP contribution < -0.4 is 5.73 Å². The van der Waals surface area contributed by atoms with Crippen LogP contribution in [0.25, 0.3) is 0 Å². The molecule has 2 atom stereocenters. The molecule has 0 aliphatic rings. The molecule has 3 heteroatoms. The summed E-state index contributed by atoms with van der Waals surface area (Å²) in [6, 6.07) is 0.483. The lowest BCUT2D eigenvalue weighted by atomic mass is 9.96. The first-order valence-electron chi connectivity index (χ1n) is 6.48. The summed E-state index contributed by atoms with van der Waals surface area (Å²) in [6.45, 7) is 12.7. The van der Waals surface area contributed by atoms with Crippen LogP contribution in [0.2, 0.25) is 0 Å². The van der Waals surface area contributed by atoms with Gasteiger partial charge in [0.25, 0.3) is 0 Å². The summed E-state index contributed by atoms with van der Waals surface area (Å²) in [7, 11) is 1.76. The summed E-state index contributed by atoms with van der Waals surface area (Å²) in [6.07, 6.45) is 1.21. The van der Waals surface area contributed by atoms with Gasteiger partial charge in [0.1, 0.15) is 0 Å². The molecule has 0 saturated heterocycles. The standard InChI is InChI=1S/C13H30N2O/c1-6-15(12(4)10-16-5)9-13(8-14)7-11(2)3/h11-13H,6-10,14H2,1-5H3. The molecule has 0 rings (SSSR count). The minimum absolute atomic E-state index is 0.483. The van der Waals surface area contributed by atoms with E-state index < -0.39 is 0 Å². The lowest BCUT2D eigenvalue weighted by Crippen LogP contribution is -2.41. The van der Waals surface area contributed by atoms with E-state index in [1.165, 1.54) is 6.42 Å². The summed E-state index contributed by atoms with van der Waals surface area (Å²) >= 11 is 0. The van der Waals surface area contributed by atoms with Gasteiger partial charge in [0.05, 0.1) is 6.61 Å². The van der Waals surface area contributed by atoms with Crippen LogP contribution in [0.15, 0.2) is 0 Å². The molecule has 0 bridgehead atoms. The normalized spacial score (nSPS) is 15.8. The van der Waals surface area contributed by atoms with Crippen molar-refractivity contribution in [2.75, 3.05) is 33.4 Å². The van der Waals surface area contributed by atoms with Crippen LogP contribution in [0.4, 0.5) is 0 Å². The summed E-state index contributed by atoms with van der Waals surface area (Å²) in [5.41, 5.74) is 5.84. The van der Waals surface area contributed by atoms with Crippen molar-refractivity contribution >= 4 is 0 Å². The van der Waals surface area contributed by atoms with Crippen molar-refractivity contribution in [3.05, 3.63) is 0 Å². The molecule has 0 aromatic rings. The Balaban J connectivity index is 4.15. The molecule has 0 aromatic carbocycles. The molecular formula is C13H30N2O. The Kier molecular flexibility index (Phi) is 8.90. The molecule has 0 aromatic heterocycles. The van der Waals surface area contributed by atoms with Crippen molar-refractivity contribution in [2.24, 2.45) is 17.6 Å². The van der Waals surface area contributed by atoms with Gasteiger partial charge in [-0.1, -0.05) is 20.8 Å². The smallest absolute Gasteiger partial charge is 0.0615 e. The second kappa shape index (κ2) is 8.97. The fourth-order valence-electron chi connectivity index (χ4n) is 2.21. The van der Waals surface area contributed by atoms with Crippen LogP contribution in [0, 0.1) is 11.8 Å². The monoisotopic (exact) mass is 230 g/mol. The zero-order valence-corrected chi connectivity index (χ0v) is 11.7. The highest BCUT2D eigenvalue weighted by atomic mass is 16.5. The van der Waals surface area contributed by atoms with Crippen LogP contribution in [-0.4, -0.2) is 44.3 Å². The van der Waals surface area contributed by atoms with Gasteiger partial charge in [-0.15, -0.1) is 0 Å². The first-order valence-corrected chi connectivity index (χ1v) is 6.48. The van der Waals surface area contributed by atoms with Crippen LogP contribution in [-0.2, 0) is 4.74 Å². The summed E-state index contributed by atoms with van der Waals surface area (Å²) in [4.78, 5) is 2.46. The van der Waals surface area contributed by atoms with Crippen molar-refractivity contribution in [1.29, 1.82) is 0 Å². The van der Waals surface area contributed by atoms with Crippen LogP contribution >= 0.6 is 0 Å². The lowest BCUT2D eigenvalue weighted by molar-refractivity contribution is 0.0896. The molecule has 0 spiro atoms. The SMILES string of the molecule is CCN(CC(CN)CC(C)C)C(C)COC. The molecule has 0 fully saturated rings. The first-order chi connectivity index (χ1) is 7.54. The van der Waals surface area contributed by atoms with E-state index in [4.69, 9.17) is 10.5 Å². The van der Waals surface area contributed by atoms with Gasteiger partial charge in [0.15, 0.2) is 0 Å². The molecule has 0 heterocycles. The molecule has 16 heavy (non-hydrogen) atoms. The average Bonchev–Trinajstić information content (AvgIpc) is 2.23. The third kappa shape index (κ3) is 6.46. The highest BCUT2D eigenvalue weighted by molar-refractivity contribution is 4.72. The number of hydrogen-bond acceptors (Lipinski definition) is 3. The Morgan fingerprint density at radius 3 is 2.25 bits per heavy atom. The molecule has 0 aliphatic heterocycles. The third-order valence-electron chi connectivity index (χ3n) is 3.07. The van der Waals surface area contributed by atoms with E-state index in [1.807, 2.05) is 0 Å². The quantitative estimate of drug-likeness (QED) is 0.658. The zero-order valence-electron chi connectivity index (χ0n) is 11.7. The van der Waals surface area contributed by atoms with Crippen molar-refractivity contribution in [2.45, 2.75) is 40.2 Å². The van der Waals surface area contributed by atoms with Gasteiger partial charge in [0, 0.05) is 19.7 Å². The minimum atomic E-state index is 0.483. The van der Waals surface area contributed by atoms with Crippen LogP contribution in [0.1, 0.15) is 34.1 Å². The van der Waals surface area contributed by atoms with Gasteiger partial charge in [0.2, 0.25) is 0 Å². The lowest BCUT2D eigenvalue weighted by Gasteiger charge is -2.31. The molecule has 2 N–H and O–H groups in total. The van der Waals surface area contributed by atoms with Crippen molar-refractivity contribution < 1.29 is 4.74 Å². The number of nitrogens with two attached hydrogens (primary N) is 1. The third-order valence-corrected chi connectivity index (χ3v) is 3.07. The van der Waals surface area contributed by atoms with Crippen molar-refractivity contribution in [3.8, 4) is 0 Å². The van der Waals surface area contributed by atoms with E-state index in [2.05, 4.69) is 32.6 Å². The minimum Gasteiger partial charge on any atom is -0.383 e. The maximum atomic E-state index is 5.84. The van der Waals surface area contributed by atoms with E-state index >= 15 is 0 Å². The summed E-state index contributed by atoms with van der Waals surface area (Å²) in [5.74, 6) is 1.34. The average molecular weight is 230 g/mol. The predicted molar refractivity (Wildman–Crippen MR) is 70.6 cm³/mol. The Bertz CT molecular complexity index is 162. The maximum Gasteiger partial charge on any atom is 0.0615 e. The molecule has 0 saturated carbocycles. The first kappa shape index (κ1) is 15.9.